The minimum atomic E-state index is -0.344. The predicted octanol–water partition coefficient (Wildman–Crippen LogP) is 2.75. The maximum absolute atomic E-state index is 9.28. The summed E-state index contributed by atoms with van der Waals surface area (Å²) in [6.07, 6.45) is 4.86. The minimum absolute atomic E-state index is 0.344. The van der Waals surface area contributed by atoms with E-state index in [1.165, 1.54) is 11.1 Å². The summed E-state index contributed by atoms with van der Waals surface area (Å²) >= 11 is 0. The third kappa shape index (κ3) is 2.31. The molecule has 1 aromatic heterocycles. The first-order valence-corrected chi connectivity index (χ1v) is 5.45. The molecule has 2 aromatic rings. The second kappa shape index (κ2) is 4.75. The van der Waals surface area contributed by atoms with Gasteiger partial charge in [0.2, 0.25) is 0 Å². The number of nitriles is 1. The number of hydrogen-bond donors (Lipinski definition) is 0. The van der Waals surface area contributed by atoms with Gasteiger partial charge in [0.05, 0.1) is 18.0 Å². The summed E-state index contributed by atoms with van der Waals surface area (Å²) in [4.78, 5) is 8.20. The number of rotatable bonds is 2. The fraction of sp³-hybridized carbons (Fsp3) is 0.214. The van der Waals surface area contributed by atoms with Gasteiger partial charge in [-0.2, -0.15) is 5.26 Å². The highest BCUT2D eigenvalue weighted by molar-refractivity contribution is 5.38. The molecule has 0 aliphatic heterocycles. The van der Waals surface area contributed by atoms with E-state index < -0.39 is 0 Å². The number of nitrogens with zero attached hydrogens (tertiary/aromatic N) is 3. The number of hydrogen-bond acceptors (Lipinski definition) is 3. The van der Waals surface area contributed by atoms with Crippen molar-refractivity contribution >= 4 is 0 Å². The number of aromatic nitrogens is 2. The van der Waals surface area contributed by atoms with Crippen LogP contribution in [0, 0.1) is 25.2 Å². The molecule has 1 aromatic carbocycles. The van der Waals surface area contributed by atoms with Crippen LogP contribution in [0.5, 0.6) is 0 Å². The summed E-state index contributed by atoms with van der Waals surface area (Å²) in [6, 6.07) is 8.33. The van der Waals surface area contributed by atoms with Gasteiger partial charge < -0.3 is 0 Å². The van der Waals surface area contributed by atoms with Crippen LogP contribution in [0.4, 0.5) is 0 Å². The average molecular weight is 223 g/mol. The van der Waals surface area contributed by atoms with Crippen LogP contribution in [0.25, 0.3) is 0 Å². The summed E-state index contributed by atoms with van der Waals surface area (Å²) in [5.41, 5.74) is 4.07. The Morgan fingerprint density at radius 3 is 2.59 bits per heavy atom. The normalized spacial score (nSPS) is 11.8. The second-order valence-electron chi connectivity index (χ2n) is 4.04. The Hall–Kier alpha value is -2.21. The summed E-state index contributed by atoms with van der Waals surface area (Å²) < 4.78 is 0. The molecule has 0 spiro atoms. The molecule has 0 bridgehead atoms. The monoisotopic (exact) mass is 223 g/mol. The van der Waals surface area contributed by atoms with Crippen molar-refractivity contribution in [3.63, 3.8) is 0 Å². The highest BCUT2D eigenvalue weighted by Gasteiger charge is 2.15. The Kier molecular flexibility index (Phi) is 3.15. The summed E-state index contributed by atoms with van der Waals surface area (Å²) in [6.45, 7) is 4.10. The minimum Gasteiger partial charge on any atom is -0.261 e. The van der Waals surface area contributed by atoms with Gasteiger partial charge in [0.15, 0.2) is 0 Å². The number of benzene rings is 1. The van der Waals surface area contributed by atoms with Crippen molar-refractivity contribution < 1.29 is 0 Å². The van der Waals surface area contributed by atoms with Crippen LogP contribution >= 0.6 is 0 Å². The molecule has 0 amide bonds. The average Bonchev–Trinajstić information content (AvgIpc) is 2.36. The van der Waals surface area contributed by atoms with Gasteiger partial charge >= 0.3 is 0 Å². The zero-order chi connectivity index (χ0) is 12.3. The molecule has 0 aliphatic carbocycles. The van der Waals surface area contributed by atoms with E-state index in [-0.39, 0.29) is 5.92 Å². The van der Waals surface area contributed by atoms with E-state index in [1.807, 2.05) is 25.1 Å². The topological polar surface area (TPSA) is 49.6 Å². The van der Waals surface area contributed by atoms with Crippen LogP contribution in [0.3, 0.4) is 0 Å². The van der Waals surface area contributed by atoms with Crippen molar-refractivity contribution in [2.75, 3.05) is 0 Å². The number of aryl methyl sites for hydroxylation is 2. The Bertz CT molecular complexity index is 555. The fourth-order valence-corrected chi connectivity index (χ4v) is 1.72. The van der Waals surface area contributed by atoms with Crippen molar-refractivity contribution in [1.29, 1.82) is 5.26 Å². The van der Waals surface area contributed by atoms with Gasteiger partial charge in [0.25, 0.3) is 0 Å². The molecule has 0 N–H and O–H groups in total. The standard InChI is InChI=1S/C14H13N3/c1-10-3-4-12(7-11(10)2)13(8-15)14-9-16-5-6-17-14/h3-7,9,13H,1-2H3. The molecule has 0 aliphatic rings. The van der Waals surface area contributed by atoms with Gasteiger partial charge in [0, 0.05) is 12.4 Å². The highest BCUT2D eigenvalue weighted by Crippen LogP contribution is 2.23. The smallest absolute Gasteiger partial charge is 0.115 e. The van der Waals surface area contributed by atoms with E-state index in [9.17, 15) is 5.26 Å². The van der Waals surface area contributed by atoms with Crippen molar-refractivity contribution in [3.05, 3.63) is 59.2 Å². The van der Waals surface area contributed by atoms with Gasteiger partial charge in [-0.3, -0.25) is 9.97 Å². The molecule has 0 fully saturated rings. The zero-order valence-corrected chi connectivity index (χ0v) is 9.88. The highest BCUT2D eigenvalue weighted by atomic mass is 14.8. The maximum Gasteiger partial charge on any atom is 0.115 e. The van der Waals surface area contributed by atoms with E-state index in [4.69, 9.17) is 0 Å². The van der Waals surface area contributed by atoms with Crippen LogP contribution in [0.1, 0.15) is 28.3 Å². The SMILES string of the molecule is Cc1ccc(C(C#N)c2cnccn2)cc1C. The molecule has 17 heavy (non-hydrogen) atoms. The van der Waals surface area contributed by atoms with Crippen LogP contribution in [-0.4, -0.2) is 9.97 Å². The van der Waals surface area contributed by atoms with Crippen LogP contribution in [0.15, 0.2) is 36.8 Å². The molecule has 1 heterocycles. The van der Waals surface area contributed by atoms with Crippen LogP contribution < -0.4 is 0 Å². The largest absolute Gasteiger partial charge is 0.261 e. The molecule has 0 saturated carbocycles. The summed E-state index contributed by atoms with van der Waals surface area (Å²) in [5.74, 6) is -0.344. The van der Waals surface area contributed by atoms with Gasteiger partial charge in [-0.25, -0.2) is 0 Å². The molecule has 1 atom stereocenters. The van der Waals surface area contributed by atoms with Crippen molar-refractivity contribution in [2.24, 2.45) is 0 Å². The molecule has 0 saturated heterocycles. The Balaban J connectivity index is 2.44. The molecule has 1 unspecified atom stereocenters. The lowest BCUT2D eigenvalue weighted by Gasteiger charge is -2.10. The van der Waals surface area contributed by atoms with Gasteiger partial charge in [-0.05, 0) is 30.5 Å². The maximum atomic E-state index is 9.28. The first kappa shape index (κ1) is 11.3. The molecule has 2 rings (SSSR count). The molecule has 3 heteroatoms. The Morgan fingerprint density at radius 2 is 2.00 bits per heavy atom. The van der Waals surface area contributed by atoms with Gasteiger partial charge in [-0.15, -0.1) is 0 Å². The third-order valence-corrected chi connectivity index (χ3v) is 2.87. The molecular formula is C14H13N3. The summed E-state index contributed by atoms with van der Waals surface area (Å²) in [5, 5.41) is 9.28. The molecular weight excluding hydrogens is 210 g/mol. The first-order chi connectivity index (χ1) is 8.22. The van der Waals surface area contributed by atoms with E-state index in [2.05, 4.69) is 23.0 Å². The lowest BCUT2D eigenvalue weighted by molar-refractivity contribution is 0.939. The Morgan fingerprint density at radius 1 is 1.18 bits per heavy atom. The van der Waals surface area contributed by atoms with E-state index in [0.717, 1.165) is 5.56 Å². The lowest BCUT2D eigenvalue weighted by Crippen LogP contribution is -2.02. The predicted molar refractivity (Wildman–Crippen MR) is 65.4 cm³/mol. The van der Waals surface area contributed by atoms with Crippen molar-refractivity contribution in [2.45, 2.75) is 19.8 Å². The zero-order valence-electron chi connectivity index (χ0n) is 9.88. The van der Waals surface area contributed by atoms with E-state index in [1.54, 1.807) is 18.6 Å². The molecule has 0 radical (unpaired) electrons. The quantitative estimate of drug-likeness (QED) is 0.786. The van der Waals surface area contributed by atoms with Gasteiger partial charge in [0.1, 0.15) is 5.92 Å². The Labute approximate surface area is 101 Å². The molecule has 84 valence electrons. The van der Waals surface area contributed by atoms with Crippen LogP contribution in [0.2, 0.25) is 0 Å². The fourth-order valence-electron chi connectivity index (χ4n) is 1.72. The van der Waals surface area contributed by atoms with Crippen LogP contribution in [-0.2, 0) is 0 Å². The first-order valence-electron chi connectivity index (χ1n) is 5.45. The van der Waals surface area contributed by atoms with Crippen molar-refractivity contribution in [3.8, 4) is 6.07 Å². The van der Waals surface area contributed by atoms with E-state index >= 15 is 0 Å². The lowest BCUT2D eigenvalue weighted by atomic mass is 9.94. The third-order valence-electron chi connectivity index (χ3n) is 2.87. The van der Waals surface area contributed by atoms with Crippen molar-refractivity contribution in [1.82, 2.24) is 9.97 Å². The van der Waals surface area contributed by atoms with Gasteiger partial charge in [-0.1, -0.05) is 18.2 Å². The summed E-state index contributed by atoms with van der Waals surface area (Å²) in [7, 11) is 0. The second-order valence-corrected chi connectivity index (χ2v) is 4.04. The van der Waals surface area contributed by atoms with E-state index in [0.29, 0.717) is 5.69 Å². The molecule has 3 nitrogen and oxygen atoms in total.